The molecule has 1 atom stereocenters. The molecule has 5 aromatic carbocycles. The molecule has 0 saturated heterocycles. The Morgan fingerprint density at radius 3 is 1.95 bits per heavy atom. The number of anilines is 1. The normalized spacial score (nSPS) is 16.3. The van der Waals surface area contributed by atoms with Gasteiger partial charge in [0.05, 0.1) is 38.9 Å². The lowest BCUT2D eigenvalue weighted by Crippen LogP contribution is -2.44. The highest BCUT2D eigenvalue weighted by Crippen LogP contribution is 2.47. The molecular formula is C57H66N3O5+. The fourth-order valence-electron chi connectivity index (χ4n) is 9.69. The predicted molar refractivity (Wildman–Crippen MR) is 264 cm³/mol. The van der Waals surface area contributed by atoms with Gasteiger partial charge in [-0.3, -0.25) is 4.79 Å². The Morgan fingerprint density at radius 2 is 1.32 bits per heavy atom. The number of allylic oxidation sites excluding steroid dienone is 6. The summed E-state index contributed by atoms with van der Waals surface area (Å²) >= 11 is 0. The van der Waals surface area contributed by atoms with Gasteiger partial charge in [0.15, 0.2) is 5.71 Å². The summed E-state index contributed by atoms with van der Waals surface area (Å²) in [5, 5.41) is 13.6. The summed E-state index contributed by atoms with van der Waals surface area (Å²) in [5.74, 6) is 1.35. The van der Waals surface area contributed by atoms with Crippen molar-refractivity contribution in [3.05, 3.63) is 191 Å². The van der Waals surface area contributed by atoms with E-state index < -0.39 is 11.6 Å². The number of unbranched alkanes of at least 4 members (excludes halogenated alkanes) is 2. The van der Waals surface area contributed by atoms with E-state index in [4.69, 9.17) is 14.2 Å². The van der Waals surface area contributed by atoms with Crippen LogP contribution in [0.2, 0.25) is 0 Å². The van der Waals surface area contributed by atoms with Crippen molar-refractivity contribution in [1.29, 1.82) is 0 Å². The van der Waals surface area contributed by atoms with E-state index in [9.17, 15) is 9.90 Å². The van der Waals surface area contributed by atoms with Crippen LogP contribution in [0.3, 0.4) is 0 Å². The molecule has 2 N–H and O–H groups in total. The van der Waals surface area contributed by atoms with E-state index in [2.05, 4.69) is 128 Å². The van der Waals surface area contributed by atoms with Crippen LogP contribution in [-0.4, -0.2) is 67.9 Å². The van der Waals surface area contributed by atoms with Crippen molar-refractivity contribution < 1.29 is 28.7 Å². The third-order valence-electron chi connectivity index (χ3n) is 13.2. The summed E-state index contributed by atoms with van der Waals surface area (Å²) in [6, 6.07) is 42.5. The summed E-state index contributed by atoms with van der Waals surface area (Å²) < 4.78 is 20.4. The Hall–Kier alpha value is -6.22. The largest absolute Gasteiger partial charge is 0.497 e. The highest BCUT2D eigenvalue weighted by atomic mass is 16.5. The Bertz CT molecular complexity index is 2470. The number of carbonyl (C=O) groups is 1. The number of ether oxygens (including phenoxy) is 3. The van der Waals surface area contributed by atoms with Crippen molar-refractivity contribution in [3.63, 3.8) is 0 Å². The molecule has 1 unspecified atom stereocenters. The van der Waals surface area contributed by atoms with Gasteiger partial charge in [0.2, 0.25) is 11.6 Å². The van der Waals surface area contributed by atoms with Gasteiger partial charge >= 0.3 is 0 Å². The number of likely N-dealkylation sites (N-methyl/N-ethyl adjacent to an activating group) is 1. The highest BCUT2D eigenvalue weighted by molar-refractivity contribution is 6.03. The van der Waals surface area contributed by atoms with Crippen LogP contribution in [0.15, 0.2) is 163 Å². The van der Waals surface area contributed by atoms with Gasteiger partial charge < -0.3 is 29.5 Å². The number of aliphatic hydroxyl groups excluding tert-OH is 1. The monoisotopic (exact) mass is 872 g/mol. The average molecular weight is 873 g/mol. The second kappa shape index (κ2) is 20.7. The van der Waals surface area contributed by atoms with Gasteiger partial charge in [-0.25, -0.2) is 0 Å². The van der Waals surface area contributed by atoms with Gasteiger partial charge in [-0.2, -0.15) is 4.58 Å². The molecule has 2 aliphatic rings. The molecule has 0 saturated carbocycles. The first-order valence-electron chi connectivity index (χ1n) is 23.0. The van der Waals surface area contributed by atoms with E-state index in [1.54, 1.807) is 14.2 Å². The highest BCUT2D eigenvalue weighted by Gasteiger charge is 2.44. The molecule has 338 valence electrons. The Morgan fingerprint density at radius 1 is 0.723 bits per heavy atom. The number of methoxy groups -OCH3 is 2. The number of nitrogens with zero attached hydrogens (tertiary/aromatic N) is 2. The maximum absolute atomic E-state index is 13.4. The lowest BCUT2D eigenvalue weighted by Gasteiger charge is -2.37. The third kappa shape index (κ3) is 9.75. The fourth-order valence-corrected chi connectivity index (χ4v) is 9.69. The summed E-state index contributed by atoms with van der Waals surface area (Å²) in [6.07, 6.45) is 13.9. The summed E-state index contributed by atoms with van der Waals surface area (Å²) in [7, 11) is 3.29. The number of fused-ring (bicyclic) bond motifs is 2. The molecule has 7 rings (SSSR count). The number of hydrogen-bond donors (Lipinski definition) is 2. The van der Waals surface area contributed by atoms with Crippen molar-refractivity contribution in [2.75, 3.05) is 45.4 Å². The van der Waals surface area contributed by atoms with Crippen LogP contribution in [0, 0.1) is 0 Å². The lowest BCUT2D eigenvalue weighted by atomic mass is 9.80. The van der Waals surface area contributed by atoms with E-state index in [0.717, 1.165) is 60.5 Å². The van der Waals surface area contributed by atoms with Crippen molar-refractivity contribution in [2.24, 2.45) is 0 Å². The minimum atomic E-state index is -1.06. The Balaban J connectivity index is 0.997. The number of para-hydroxylation sites is 2. The molecule has 0 aromatic heterocycles. The molecule has 0 aliphatic carbocycles. The zero-order valence-electron chi connectivity index (χ0n) is 39.2. The quantitative estimate of drug-likeness (QED) is 0.0351. The van der Waals surface area contributed by atoms with E-state index in [1.807, 2.05) is 78.9 Å². The van der Waals surface area contributed by atoms with Gasteiger partial charge in [0, 0.05) is 53.9 Å². The topological polar surface area (TPSA) is 83.3 Å². The van der Waals surface area contributed by atoms with Crippen molar-refractivity contribution in [2.45, 2.75) is 82.8 Å². The van der Waals surface area contributed by atoms with Gasteiger partial charge in [0.1, 0.15) is 23.6 Å². The second-order valence-electron chi connectivity index (χ2n) is 17.9. The van der Waals surface area contributed by atoms with E-state index in [0.29, 0.717) is 6.42 Å². The first kappa shape index (κ1) is 46.8. The second-order valence-corrected chi connectivity index (χ2v) is 17.9. The van der Waals surface area contributed by atoms with Crippen LogP contribution in [0.25, 0.3) is 0 Å². The standard InChI is InChI=1S/C57H65N3O5/c1-8-59-50-26-19-17-24-48(50)55(2,3)52(59)28-14-10-15-29-53-56(4,5)49-25-18-20-27-51(49)60(53)39-21-11-16-30-54(62)58-45(40-61)41-65-57(42-22-12-9-13-23-42,43-31-35-46(63-6)36-32-43)44-33-37-47(64-7)38-34-44/h9-10,12-15,17-20,22-29,31-38,45,61H,8,11,16,21,30,39-41H2,1-7H3/p+1. The molecule has 8 nitrogen and oxygen atoms in total. The van der Waals surface area contributed by atoms with Crippen molar-refractivity contribution in [3.8, 4) is 11.5 Å². The van der Waals surface area contributed by atoms with E-state index >= 15 is 0 Å². The molecule has 5 aromatic rings. The smallest absolute Gasteiger partial charge is 0.220 e. The summed E-state index contributed by atoms with van der Waals surface area (Å²) in [4.78, 5) is 15.9. The molecule has 0 radical (unpaired) electrons. The van der Waals surface area contributed by atoms with Crippen LogP contribution in [0.4, 0.5) is 11.4 Å². The molecule has 0 spiro atoms. The zero-order chi connectivity index (χ0) is 46.0. The van der Waals surface area contributed by atoms with Crippen LogP contribution in [0.1, 0.15) is 88.1 Å². The molecule has 0 fully saturated rings. The fraction of sp³-hybridized carbons (Fsp3) is 0.333. The van der Waals surface area contributed by atoms with Crippen molar-refractivity contribution >= 4 is 23.0 Å². The average Bonchev–Trinajstić information content (AvgIpc) is 3.69. The first-order chi connectivity index (χ1) is 31.5. The number of benzene rings is 5. The van der Waals surface area contributed by atoms with Gasteiger partial charge in [-0.05, 0) is 92.3 Å². The Kier molecular flexibility index (Phi) is 14.9. The number of carbonyl (C=O) groups excluding carboxylic acids is 1. The van der Waals surface area contributed by atoms with Gasteiger partial charge in [-0.15, -0.1) is 0 Å². The first-order valence-corrected chi connectivity index (χ1v) is 23.0. The summed E-state index contributed by atoms with van der Waals surface area (Å²) in [5.41, 5.74) is 9.18. The number of rotatable bonds is 20. The molecule has 65 heavy (non-hydrogen) atoms. The minimum Gasteiger partial charge on any atom is -0.497 e. The van der Waals surface area contributed by atoms with Crippen LogP contribution in [0.5, 0.6) is 11.5 Å². The molecule has 1 amide bonds. The van der Waals surface area contributed by atoms with Crippen LogP contribution < -0.4 is 19.7 Å². The van der Waals surface area contributed by atoms with E-state index in [-0.39, 0.29) is 30.0 Å². The van der Waals surface area contributed by atoms with E-state index in [1.165, 1.54) is 33.9 Å². The molecule has 2 heterocycles. The maximum atomic E-state index is 13.4. The number of hydrogen-bond acceptors (Lipinski definition) is 6. The molecule has 2 aliphatic heterocycles. The number of amides is 1. The Labute approximate surface area is 386 Å². The van der Waals surface area contributed by atoms with Crippen LogP contribution in [-0.2, 0) is 26.0 Å². The maximum Gasteiger partial charge on any atom is 0.220 e. The molecule has 8 heteroatoms. The third-order valence-corrected chi connectivity index (χ3v) is 13.2. The SMILES string of the molecule is CCN1/C(=C/C=C/C=C/C2=[N+](CCCCCC(=O)NC(CO)COC(c3ccccc3)(c3ccc(OC)cc3)c3ccc(OC)cc3)c3ccccc3C2(C)C)C(C)(C)c2ccccc21. The molecule has 0 bridgehead atoms. The molecular weight excluding hydrogens is 807 g/mol. The van der Waals surface area contributed by atoms with Gasteiger partial charge in [0.25, 0.3) is 0 Å². The summed E-state index contributed by atoms with van der Waals surface area (Å²) in [6.45, 7) is 13.0. The number of aliphatic hydroxyl groups is 1. The minimum absolute atomic E-state index is 0.0662. The van der Waals surface area contributed by atoms with Gasteiger partial charge in [-0.1, -0.05) is 123 Å². The lowest BCUT2D eigenvalue weighted by molar-refractivity contribution is -0.438. The predicted octanol–water partition coefficient (Wildman–Crippen LogP) is 10.9. The number of nitrogens with one attached hydrogen (secondary N) is 1. The zero-order valence-corrected chi connectivity index (χ0v) is 39.2. The van der Waals surface area contributed by atoms with Crippen molar-refractivity contribution in [1.82, 2.24) is 5.32 Å². The van der Waals surface area contributed by atoms with Crippen LogP contribution >= 0.6 is 0 Å².